The lowest BCUT2D eigenvalue weighted by molar-refractivity contribution is 0.0523. The number of halogens is 1. The quantitative estimate of drug-likeness (QED) is 0.799. The van der Waals surface area contributed by atoms with Crippen molar-refractivity contribution >= 4 is 23.5 Å². The SMILES string of the molecule is CCOC(=O)c1cn(C)c(C(=O)N(CC)Cc2cccc(Cl)c2)c1O. The van der Waals surface area contributed by atoms with E-state index in [0.29, 0.717) is 18.1 Å². The molecule has 0 saturated carbocycles. The van der Waals surface area contributed by atoms with Gasteiger partial charge in [0.2, 0.25) is 0 Å². The maximum atomic E-state index is 12.9. The maximum Gasteiger partial charge on any atom is 0.343 e. The number of hydrogen-bond donors (Lipinski definition) is 1. The van der Waals surface area contributed by atoms with E-state index in [1.165, 1.54) is 10.8 Å². The van der Waals surface area contributed by atoms with Crippen LogP contribution in [-0.4, -0.2) is 39.6 Å². The van der Waals surface area contributed by atoms with Gasteiger partial charge in [0.1, 0.15) is 11.3 Å². The molecule has 1 amide bonds. The number of amides is 1. The minimum absolute atomic E-state index is 0.0218. The molecule has 2 aromatic rings. The summed E-state index contributed by atoms with van der Waals surface area (Å²) in [5.74, 6) is -1.40. The first-order valence-electron chi connectivity index (χ1n) is 7.98. The Balaban J connectivity index is 2.30. The van der Waals surface area contributed by atoms with Crippen LogP contribution >= 0.6 is 11.6 Å². The number of esters is 1. The predicted molar refractivity (Wildman–Crippen MR) is 94.9 cm³/mol. The fourth-order valence-corrected chi connectivity index (χ4v) is 2.77. The van der Waals surface area contributed by atoms with Crippen molar-refractivity contribution in [2.24, 2.45) is 7.05 Å². The van der Waals surface area contributed by atoms with Gasteiger partial charge in [0.25, 0.3) is 5.91 Å². The molecule has 134 valence electrons. The van der Waals surface area contributed by atoms with Crippen molar-refractivity contribution in [3.05, 3.63) is 52.3 Å². The zero-order chi connectivity index (χ0) is 18.6. The molecule has 0 aliphatic heterocycles. The third-order valence-electron chi connectivity index (χ3n) is 3.78. The van der Waals surface area contributed by atoms with Crippen LogP contribution in [0, 0.1) is 0 Å². The fraction of sp³-hybridized carbons (Fsp3) is 0.333. The summed E-state index contributed by atoms with van der Waals surface area (Å²) in [6, 6.07) is 7.23. The zero-order valence-electron chi connectivity index (χ0n) is 14.5. The largest absolute Gasteiger partial charge is 0.505 e. The Kier molecular flexibility index (Phi) is 6.09. The van der Waals surface area contributed by atoms with Crippen LogP contribution in [0.4, 0.5) is 0 Å². The number of aromatic nitrogens is 1. The molecule has 1 aromatic carbocycles. The normalized spacial score (nSPS) is 10.6. The van der Waals surface area contributed by atoms with Gasteiger partial charge >= 0.3 is 5.97 Å². The lowest BCUT2D eigenvalue weighted by Gasteiger charge is -2.21. The molecule has 0 unspecified atom stereocenters. The molecule has 1 N–H and O–H groups in total. The average Bonchev–Trinajstić information content (AvgIpc) is 2.87. The van der Waals surface area contributed by atoms with Gasteiger partial charge in [-0.2, -0.15) is 0 Å². The van der Waals surface area contributed by atoms with Gasteiger partial charge < -0.3 is 19.3 Å². The van der Waals surface area contributed by atoms with Crippen LogP contribution in [0.1, 0.15) is 40.3 Å². The second-order valence-electron chi connectivity index (χ2n) is 5.52. The summed E-state index contributed by atoms with van der Waals surface area (Å²) in [4.78, 5) is 26.3. The summed E-state index contributed by atoms with van der Waals surface area (Å²) in [6.45, 7) is 4.48. The zero-order valence-corrected chi connectivity index (χ0v) is 15.2. The molecule has 0 fully saturated rings. The second-order valence-corrected chi connectivity index (χ2v) is 5.96. The number of carbonyl (C=O) groups is 2. The minimum Gasteiger partial charge on any atom is -0.505 e. The highest BCUT2D eigenvalue weighted by molar-refractivity contribution is 6.30. The van der Waals surface area contributed by atoms with E-state index in [1.54, 1.807) is 31.0 Å². The highest BCUT2D eigenvalue weighted by Crippen LogP contribution is 2.27. The molecule has 0 radical (unpaired) electrons. The Labute approximate surface area is 151 Å². The highest BCUT2D eigenvalue weighted by atomic mass is 35.5. The smallest absolute Gasteiger partial charge is 0.343 e. The minimum atomic E-state index is -0.660. The topological polar surface area (TPSA) is 71.8 Å². The van der Waals surface area contributed by atoms with Crippen LogP contribution in [0.2, 0.25) is 5.02 Å². The third-order valence-corrected chi connectivity index (χ3v) is 4.02. The Morgan fingerprint density at radius 1 is 1.32 bits per heavy atom. The van der Waals surface area contributed by atoms with E-state index in [9.17, 15) is 14.7 Å². The Hall–Kier alpha value is -2.47. The van der Waals surface area contributed by atoms with Gasteiger partial charge in [0.05, 0.1) is 6.61 Å². The van der Waals surface area contributed by atoms with Gasteiger partial charge in [-0.1, -0.05) is 23.7 Å². The summed E-state index contributed by atoms with van der Waals surface area (Å²) in [6.07, 6.45) is 1.40. The van der Waals surface area contributed by atoms with Gasteiger partial charge in [0.15, 0.2) is 5.75 Å². The van der Waals surface area contributed by atoms with Crippen molar-refractivity contribution in [1.82, 2.24) is 9.47 Å². The maximum absolute atomic E-state index is 12.9. The van der Waals surface area contributed by atoms with Crippen LogP contribution in [0.15, 0.2) is 30.5 Å². The highest BCUT2D eigenvalue weighted by Gasteiger charge is 2.27. The third kappa shape index (κ3) is 4.14. The molecule has 0 atom stereocenters. The van der Waals surface area contributed by atoms with Crippen LogP contribution in [0.25, 0.3) is 0 Å². The molecule has 2 rings (SSSR count). The first-order valence-corrected chi connectivity index (χ1v) is 8.35. The van der Waals surface area contributed by atoms with Crippen LogP contribution in [-0.2, 0) is 18.3 Å². The average molecular weight is 365 g/mol. The fourth-order valence-electron chi connectivity index (χ4n) is 2.56. The number of aromatic hydroxyl groups is 1. The molecular weight excluding hydrogens is 344 g/mol. The molecule has 0 bridgehead atoms. The Morgan fingerprint density at radius 2 is 2.04 bits per heavy atom. The first-order chi connectivity index (χ1) is 11.9. The van der Waals surface area contributed by atoms with E-state index in [0.717, 1.165) is 5.56 Å². The van der Waals surface area contributed by atoms with Crippen LogP contribution < -0.4 is 0 Å². The number of ether oxygens (including phenoxy) is 1. The molecule has 7 heteroatoms. The standard InChI is InChI=1S/C18H21ClN2O4/c1-4-21(10-12-7-6-8-13(19)9-12)17(23)15-16(22)14(11-20(15)3)18(24)25-5-2/h6-9,11,22H,4-5,10H2,1-3H3. The monoisotopic (exact) mass is 364 g/mol. The molecular formula is C18H21ClN2O4. The molecule has 1 aromatic heterocycles. The van der Waals surface area contributed by atoms with Crippen molar-refractivity contribution in [3.8, 4) is 5.75 Å². The molecule has 0 aliphatic rings. The second kappa shape index (κ2) is 8.07. The van der Waals surface area contributed by atoms with Gasteiger partial charge in [-0.15, -0.1) is 0 Å². The van der Waals surface area contributed by atoms with Gasteiger partial charge in [-0.25, -0.2) is 4.79 Å². The van der Waals surface area contributed by atoms with E-state index < -0.39 is 5.97 Å². The molecule has 0 aliphatic carbocycles. The molecule has 0 saturated heterocycles. The van der Waals surface area contributed by atoms with Crippen molar-refractivity contribution in [2.45, 2.75) is 20.4 Å². The number of hydrogen-bond acceptors (Lipinski definition) is 4. The number of rotatable bonds is 6. The number of nitrogens with zero attached hydrogens (tertiary/aromatic N) is 2. The molecule has 1 heterocycles. The van der Waals surface area contributed by atoms with Crippen molar-refractivity contribution in [2.75, 3.05) is 13.2 Å². The summed E-state index contributed by atoms with van der Waals surface area (Å²) >= 11 is 5.99. The Bertz CT molecular complexity index is 785. The van der Waals surface area contributed by atoms with Gasteiger partial charge in [-0.05, 0) is 31.5 Å². The van der Waals surface area contributed by atoms with E-state index in [-0.39, 0.29) is 29.5 Å². The van der Waals surface area contributed by atoms with Crippen LogP contribution in [0.3, 0.4) is 0 Å². The van der Waals surface area contributed by atoms with Gasteiger partial charge in [-0.3, -0.25) is 4.79 Å². The van der Waals surface area contributed by atoms with E-state index in [1.807, 2.05) is 19.1 Å². The summed E-state index contributed by atoms with van der Waals surface area (Å²) < 4.78 is 6.34. The molecule has 6 nitrogen and oxygen atoms in total. The van der Waals surface area contributed by atoms with E-state index in [4.69, 9.17) is 16.3 Å². The number of aryl methyl sites for hydroxylation is 1. The predicted octanol–water partition coefficient (Wildman–Crippen LogP) is 3.22. The number of carbonyl (C=O) groups excluding carboxylic acids is 2. The van der Waals surface area contributed by atoms with Crippen molar-refractivity contribution in [3.63, 3.8) is 0 Å². The first kappa shape index (κ1) is 18.9. The molecule has 25 heavy (non-hydrogen) atoms. The lowest BCUT2D eigenvalue weighted by atomic mass is 10.2. The Morgan fingerprint density at radius 3 is 2.64 bits per heavy atom. The number of benzene rings is 1. The summed E-state index contributed by atoms with van der Waals surface area (Å²) in [5, 5.41) is 10.9. The van der Waals surface area contributed by atoms with Crippen molar-refractivity contribution < 1.29 is 19.4 Å². The summed E-state index contributed by atoms with van der Waals surface area (Å²) in [5.41, 5.74) is 0.903. The lowest BCUT2D eigenvalue weighted by Crippen LogP contribution is -2.31. The van der Waals surface area contributed by atoms with Crippen LogP contribution in [0.5, 0.6) is 5.75 Å². The van der Waals surface area contributed by atoms with E-state index >= 15 is 0 Å². The summed E-state index contributed by atoms with van der Waals surface area (Å²) in [7, 11) is 1.60. The van der Waals surface area contributed by atoms with E-state index in [2.05, 4.69) is 0 Å². The molecule has 0 spiro atoms. The van der Waals surface area contributed by atoms with Gasteiger partial charge in [0, 0.05) is 31.4 Å². The van der Waals surface area contributed by atoms with Crippen molar-refractivity contribution in [1.29, 1.82) is 0 Å².